The fraction of sp³-hybridized carbons (Fsp3) is 0.316. The first-order chi connectivity index (χ1) is 11.1. The van der Waals surface area contributed by atoms with E-state index in [1.807, 2.05) is 25.1 Å². The van der Waals surface area contributed by atoms with E-state index in [1.165, 1.54) is 17.7 Å². The first kappa shape index (κ1) is 17.0. The predicted molar refractivity (Wildman–Crippen MR) is 90.7 cm³/mol. The Kier molecular flexibility index (Phi) is 6.15. The van der Waals surface area contributed by atoms with Crippen LogP contribution in [0.25, 0.3) is 0 Å². The summed E-state index contributed by atoms with van der Waals surface area (Å²) in [6.07, 6.45) is 1.84. The molecule has 0 heterocycles. The van der Waals surface area contributed by atoms with Gasteiger partial charge in [-0.15, -0.1) is 0 Å². The molecule has 122 valence electrons. The molecular formula is C19H23FN2O. The number of urea groups is 1. The zero-order chi connectivity index (χ0) is 16.7. The number of amides is 2. The topological polar surface area (TPSA) is 32.3 Å². The third-order valence-electron chi connectivity index (χ3n) is 4.01. The minimum Gasteiger partial charge on any atom is -0.338 e. The van der Waals surface area contributed by atoms with Crippen LogP contribution in [0.2, 0.25) is 0 Å². The maximum Gasteiger partial charge on any atom is 0.317 e. The van der Waals surface area contributed by atoms with Gasteiger partial charge in [-0.1, -0.05) is 42.5 Å². The molecule has 2 aromatic carbocycles. The summed E-state index contributed by atoms with van der Waals surface area (Å²) >= 11 is 0. The fourth-order valence-corrected chi connectivity index (χ4v) is 2.40. The lowest BCUT2D eigenvalue weighted by Crippen LogP contribution is -2.39. The Hall–Kier alpha value is -2.36. The first-order valence-electron chi connectivity index (χ1n) is 7.88. The zero-order valence-electron chi connectivity index (χ0n) is 13.6. The maximum absolute atomic E-state index is 13.0. The van der Waals surface area contributed by atoms with Crippen LogP contribution in [0.4, 0.5) is 9.18 Å². The van der Waals surface area contributed by atoms with E-state index in [2.05, 4.69) is 17.4 Å². The van der Waals surface area contributed by atoms with Gasteiger partial charge in [0.05, 0.1) is 6.04 Å². The van der Waals surface area contributed by atoms with Gasteiger partial charge in [0, 0.05) is 13.6 Å². The van der Waals surface area contributed by atoms with Gasteiger partial charge in [-0.3, -0.25) is 0 Å². The Morgan fingerprint density at radius 3 is 2.43 bits per heavy atom. The highest BCUT2D eigenvalue weighted by Crippen LogP contribution is 2.18. The summed E-state index contributed by atoms with van der Waals surface area (Å²) in [5.41, 5.74) is 2.18. The molecule has 0 aliphatic carbocycles. The number of carbonyl (C=O) groups excluding carboxylic acids is 1. The van der Waals surface area contributed by atoms with E-state index in [9.17, 15) is 9.18 Å². The average Bonchev–Trinajstić information content (AvgIpc) is 2.59. The summed E-state index contributed by atoms with van der Waals surface area (Å²) < 4.78 is 13.0. The lowest BCUT2D eigenvalue weighted by Gasteiger charge is -2.25. The van der Waals surface area contributed by atoms with Gasteiger partial charge < -0.3 is 10.2 Å². The van der Waals surface area contributed by atoms with Crippen LogP contribution < -0.4 is 5.32 Å². The summed E-state index contributed by atoms with van der Waals surface area (Å²) in [6, 6.07) is 16.2. The molecule has 0 aliphatic heterocycles. The van der Waals surface area contributed by atoms with Crippen molar-refractivity contribution in [2.45, 2.75) is 25.8 Å². The molecule has 3 nitrogen and oxygen atoms in total. The van der Waals surface area contributed by atoms with Crippen molar-refractivity contribution < 1.29 is 9.18 Å². The molecule has 2 aromatic rings. The fourth-order valence-electron chi connectivity index (χ4n) is 2.40. The number of nitrogens with zero attached hydrogens (tertiary/aromatic N) is 1. The molecule has 2 amide bonds. The molecule has 23 heavy (non-hydrogen) atoms. The number of halogens is 1. The monoisotopic (exact) mass is 314 g/mol. The maximum atomic E-state index is 13.0. The highest BCUT2D eigenvalue weighted by Gasteiger charge is 2.16. The summed E-state index contributed by atoms with van der Waals surface area (Å²) in [5, 5.41) is 2.93. The number of benzene rings is 2. The summed E-state index contributed by atoms with van der Waals surface area (Å²) in [6.45, 7) is 2.56. The molecule has 1 atom stereocenters. The summed E-state index contributed by atoms with van der Waals surface area (Å²) in [4.78, 5) is 13.8. The van der Waals surface area contributed by atoms with Crippen LogP contribution in [0.1, 0.15) is 30.5 Å². The molecule has 0 bridgehead atoms. The lowest BCUT2D eigenvalue weighted by atomic mass is 10.1. The summed E-state index contributed by atoms with van der Waals surface area (Å²) in [5.74, 6) is -0.269. The van der Waals surface area contributed by atoms with E-state index in [4.69, 9.17) is 0 Å². The number of hydrogen-bond donors (Lipinski definition) is 1. The van der Waals surface area contributed by atoms with E-state index in [1.54, 1.807) is 24.1 Å². The second-order valence-electron chi connectivity index (χ2n) is 5.66. The van der Waals surface area contributed by atoms with Gasteiger partial charge in [0.15, 0.2) is 0 Å². The third-order valence-corrected chi connectivity index (χ3v) is 4.01. The van der Waals surface area contributed by atoms with Crippen molar-refractivity contribution >= 4 is 6.03 Å². The molecule has 0 spiro atoms. The van der Waals surface area contributed by atoms with E-state index in [0.717, 1.165) is 18.4 Å². The molecular weight excluding hydrogens is 291 g/mol. The smallest absolute Gasteiger partial charge is 0.317 e. The quantitative estimate of drug-likeness (QED) is 0.798. The molecule has 0 aliphatic rings. The van der Waals surface area contributed by atoms with Crippen molar-refractivity contribution in [1.29, 1.82) is 0 Å². The van der Waals surface area contributed by atoms with Crippen LogP contribution in [0.5, 0.6) is 0 Å². The average molecular weight is 314 g/mol. The van der Waals surface area contributed by atoms with Crippen molar-refractivity contribution in [2.24, 2.45) is 0 Å². The highest BCUT2D eigenvalue weighted by atomic mass is 19.1. The molecule has 0 saturated carbocycles. The number of nitrogens with one attached hydrogen (secondary N) is 1. The van der Waals surface area contributed by atoms with Gasteiger partial charge in [-0.2, -0.15) is 0 Å². The van der Waals surface area contributed by atoms with Crippen molar-refractivity contribution in [3.63, 3.8) is 0 Å². The molecule has 0 fully saturated rings. The van der Waals surface area contributed by atoms with Crippen LogP contribution in [0.15, 0.2) is 54.6 Å². The zero-order valence-corrected chi connectivity index (χ0v) is 13.6. The number of rotatable bonds is 6. The standard InChI is InChI=1S/C19H23FN2O/c1-15(17-10-12-18(20)13-11-17)22(2)19(23)21-14-6-9-16-7-4-3-5-8-16/h3-5,7-8,10-13,15H,6,9,14H2,1-2H3,(H,21,23)/t15-/m0/s1. The van der Waals surface area contributed by atoms with Crippen LogP contribution in [0, 0.1) is 5.82 Å². The number of carbonyl (C=O) groups is 1. The highest BCUT2D eigenvalue weighted by molar-refractivity contribution is 5.74. The molecule has 4 heteroatoms. The number of aryl methyl sites for hydroxylation is 1. The SMILES string of the molecule is C[C@@H](c1ccc(F)cc1)N(C)C(=O)NCCCc1ccccc1. The van der Waals surface area contributed by atoms with Gasteiger partial charge in [0.2, 0.25) is 0 Å². The Bertz CT molecular complexity index is 613. The Labute approximate surface area is 137 Å². The second kappa shape index (κ2) is 8.32. The van der Waals surface area contributed by atoms with Crippen LogP contribution in [-0.2, 0) is 6.42 Å². The Morgan fingerprint density at radius 1 is 1.13 bits per heavy atom. The number of hydrogen-bond acceptors (Lipinski definition) is 1. The van der Waals surface area contributed by atoms with Gasteiger partial charge in [-0.05, 0) is 43.0 Å². The normalized spacial score (nSPS) is 11.8. The molecule has 0 unspecified atom stereocenters. The minimum atomic E-state index is -0.269. The first-order valence-corrected chi connectivity index (χ1v) is 7.88. The summed E-state index contributed by atoms with van der Waals surface area (Å²) in [7, 11) is 1.75. The van der Waals surface area contributed by atoms with E-state index in [-0.39, 0.29) is 17.9 Å². The lowest BCUT2D eigenvalue weighted by molar-refractivity contribution is 0.194. The Morgan fingerprint density at radius 2 is 1.78 bits per heavy atom. The van der Waals surface area contributed by atoms with Gasteiger partial charge >= 0.3 is 6.03 Å². The molecule has 0 saturated heterocycles. The van der Waals surface area contributed by atoms with Crippen LogP contribution in [-0.4, -0.2) is 24.5 Å². The molecule has 2 rings (SSSR count). The molecule has 1 N–H and O–H groups in total. The van der Waals surface area contributed by atoms with E-state index >= 15 is 0 Å². The largest absolute Gasteiger partial charge is 0.338 e. The Balaban J connectivity index is 1.77. The molecule has 0 radical (unpaired) electrons. The van der Waals surface area contributed by atoms with Crippen LogP contribution >= 0.6 is 0 Å². The van der Waals surface area contributed by atoms with Gasteiger partial charge in [-0.25, -0.2) is 9.18 Å². The predicted octanol–water partition coefficient (Wildman–Crippen LogP) is 4.16. The van der Waals surface area contributed by atoms with Crippen molar-refractivity contribution in [3.8, 4) is 0 Å². The van der Waals surface area contributed by atoms with Gasteiger partial charge in [0.25, 0.3) is 0 Å². The van der Waals surface area contributed by atoms with Crippen molar-refractivity contribution in [1.82, 2.24) is 10.2 Å². The van der Waals surface area contributed by atoms with Gasteiger partial charge in [0.1, 0.15) is 5.82 Å². The third kappa shape index (κ3) is 5.09. The van der Waals surface area contributed by atoms with Crippen molar-refractivity contribution in [3.05, 3.63) is 71.5 Å². The second-order valence-corrected chi connectivity index (χ2v) is 5.66. The molecule has 0 aromatic heterocycles. The van der Waals surface area contributed by atoms with Crippen molar-refractivity contribution in [2.75, 3.05) is 13.6 Å². The van der Waals surface area contributed by atoms with E-state index in [0.29, 0.717) is 6.54 Å². The van der Waals surface area contributed by atoms with E-state index < -0.39 is 0 Å². The minimum absolute atomic E-state index is 0.107. The van der Waals surface area contributed by atoms with Crippen LogP contribution in [0.3, 0.4) is 0 Å².